The molecule has 0 fully saturated rings. The molecule has 6 nitrogen and oxygen atoms in total. The van der Waals surface area contributed by atoms with Gasteiger partial charge in [-0.05, 0) is 18.2 Å². The normalized spacial score (nSPS) is 10.6. The van der Waals surface area contributed by atoms with E-state index >= 15 is 0 Å². The number of aromatic nitrogens is 1. The Morgan fingerprint density at radius 1 is 0.828 bits per heavy atom. The molecule has 3 N–H and O–H groups in total. The molecule has 146 valence electrons. The van der Waals surface area contributed by atoms with Gasteiger partial charge < -0.3 is 25.1 Å². The molecule has 29 heavy (non-hydrogen) atoms. The Morgan fingerprint density at radius 2 is 1.52 bits per heavy atom. The quantitative estimate of drug-likeness (QED) is 0.423. The van der Waals surface area contributed by atoms with E-state index in [1.54, 1.807) is 32.4 Å². The zero-order valence-electron chi connectivity index (χ0n) is 16.2. The minimum Gasteiger partial charge on any atom is -0.497 e. The Bertz CT molecular complexity index is 1110. The largest absolute Gasteiger partial charge is 0.497 e. The smallest absolute Gasteiger partial charge is 0.323 e. The van der Waals surface area contributed by atoms with E-state index in [1.807, 2.05) is 48.5 Å². The highest BCUT2D eigenvalue weighted by Gasteiger charge is 2.11. The van der Waals surface area contributed by atoms with E-state index in [9.17, 15) is 4.79 Å². The Kier molecular flexibility index (Phi) is 5.07. The van der Waals surface area contributed by atoms with E-state index < -0.39 is 0 Å². The van der Waals surface area contributed by atoms with Crippen LogP contribution in [0, 0.1) is 0 Å². The maximum absolute atomic E-state index is 12.6. The van der Waals surface area contributed by atoms with E-state index in [0.29, 0.717) is 22.9 Å². The summed E-state index contributed by atoms with van der Waals surface area (Å²) in [5.74, 6) is 1.19. The Labute approximate surface area is 168 Å². The molecule has 6 heteroatoms. The van der Waals surface area contributed by atoms with Crippen molar-refractivity contribution in [2.75, 3.05) is 24.9 Å². The number of carbonyl (C=O) groups excluding carboxylic acids is 1. The summed E-state index contributed by atoms with van der Waals surface area (Å²) in [6, 6.07) is 22.6. The SMILES string of the molecule is COc1cc(NC(=O)Nc2ccccc2-c2cc3ccccc3[nH]2)cc(OC)c1. The van der Waals surface area contributed by atoms with E-state index in [1.165, 1.54) is 0 Å². The summed E-state index contributed by atoms with van der Waals surface area (Å²) in [6.07, 6.45) is 0. The van der Waals surface area contributed by atoms with Crippen LogP contribution >= 0.6 is 0 Å². The van der Waals surface area contributed by atoms with Crippen LogP contribution in [-0.2, 0) is 0 Å². The minimum absolute atomic E-state index is 0.358. The van der Waals surface area contributed by atoms with Crippen molar-refractivity contribution < 1.29 is 14.3 Å². The molecule has 0 aliphatic rings. The van der Waals surface area contributed by atoms with Crippen LogP contribution in [0.4, 0.5) is 16.2 Å². The second kappa shape index (κ2) is 7.98. The fourth-order valence-corrected chi connectivity index (χ4v) is 3.21. The number of fused-ring (bicyclic) bond motifs is 1. The van der Waals surface area contributed by atoms with Crippen molar-refractivity contribution >= 4 is 28.3 Å². The second-order valence-electron chi connectivity index (χ2n) is 6.50. The van der Waals surface area contributed by atoms with E-state index in [2.05, 4.69) is 21.7 Å². The number of carbonyl (C=O) groups is 1. The van der Waals surface area contributed by atoms with Crippen LogP contribution < -0.4 is 20.1 Å². The third-order valence-electron chi connectivity index (χ3n) is 4.60. The molecule has 1 aromatic heterocycles. The summed E-state index contributed by atoms with van der Waals surface area (Å²) in [6.45, 7) is 0. The summed E-state index contributed by atoms with van der Waals surface area (Å²) in [5, 5.41) is 6.87. The van der Waals surface area contributed by atoms with Crippen molar-refractivity contribution in [1.29, 1.82) is 0 Å². The summed E-state index contributed by atoms with van der Waals surface area (Å²) in [5.41, 5.74) is 4.16. The van der Waals surface area contributed by atoms with Crippen LogP contribution in [0.1, 0.15) is 0 Å². The number of H-pyrrole nitrogens is 1. The van der Waals surface area contributed by atoms with Gasteiger partial charge in [-0.25, -0.2) is 4.79 Å². The lowest BCUT2D eigenvalue weighted by Gasteiger charge is -2.13. The average molecular weight is 387 g/mol. The van der Waals surface area contributed by atoms with Gasteiger partial charge in [0.05, 0.1) is 19.9 Å². The number of rotatable bonds is 5. The van der Waals surface area contributed by atoms with Crippen molar-refractivity contribution in [2.24, 2.45) is 0 Å². The number of hydrogen-bond donors (Lipinski definition) is 3. The lowest BCUT2D eigenvalue weighted by atomic mass is 10.1. The fraction of sp³-hybridized carbons (Fsp3) is 0.0870. The molecule has 0 aliphatic carbocycles. The van der Waals surface area contributed by atoms with Gasteiger partial charge in [-0.2, -0.15) is 0 Å². The number of benzene rings is 3. The van der Waals surface area contributed by atoms with Gasteiger partial charge in [-0.15, -0.1) is 0 Å². The van der Waals surface area contributed by atoms with Gasteiger partial charge in [0.25, 0.3) is 0 Å². The van der Waals surface area contributed by atoms with Gasteiger partial charge in [-0.1, -0.05) is 36.4 Å². The molecule has 0 aliphatic heterocycles. The first-order valence-electron chi connectivity index (χ1n) is 9.14. The van der Waals surface area contributed by atoms with Crippen LogP contribution in [0.5, 0.6) is 11.5 Å². The molecular formula is C23H21N3O3. The summed E-state index contributed by atoms with van der Waals surface area (Å²) in [4.78, 5) is 16.0. The van der Waals surface area contributed by atoms with Crippen molar-refractivity contribution in [3.8, 4) is 22.8 Å². The molecule has 0 atom stereocenters. The monoisotopic (exact) mass is 387 g/mol. The fourth-order valence-electron chi connectivity index (χ4n) is 3.21. The highest BCUT2D eigenvalue weighted by Crippen LogP contribution is 2.30. The summed E-state index contributed by atoms with van der Waals surface area (Å²) in [7, 11) is 3.13. The molecule has 0 saturated carbocycles. The lowest BCUT2D eigenvalue weighted by Crippen LogP contribution is -2.20. The molecule has 4 aromatic rings. The van der Waals surface area contributed by atoms with Crippen LogP contribution in [0.3, 0.4) is 0 Å². The Morgan fingerprint density at radius 3 is 2.24 bits per heavy atom. The van der Waals surface area contributed by atoms with E-state index in [0.717, 1.165) is 22.2 Å². The second-order valence-corrected chi connectivity index (χ2v) is 6.50. The minimum atomic E-state index is -0.358. The molecule has 2 amide bonds. The predicted octanol–water partition coefficient (Wildman–Crippen LogP) is 5.50. The standard InChI is InChI=1S/C23H21N3O3/c1-28-17-12-16(13-18(14-17)29-2)24-23(27)26-21-10-6-4-8-19(21)22-11-15-7-3-5-9-20(15)25-22/h3-14,25H,1-2H3,(H2,24,26,27). The molecule has 0 saturated heterocycles. The van der Waals surface area contributed by atoms with E-state index in [-0.39, 0.29) is 6.03 Å². The first-order valence-corrected chi connectivity index (χ1v) is 9.14. The molecule has 0 unspecified atom stereocenters. The topological polar surface area (TPSA) is 75.4 Å². The molecule has 0 radical (unpaired) electrons. The number of methoxy groups -OCH3 is 2. The lowest BCUT2D eigenvalue weighted by molar-refractivity contribution is 0.262. The van der Waals surface area contributed by atoms with Gasteiger partial charge in [0.15, 0.2) is 0 Å². The zero-order chi connectivity index (χ0) is 20.2. The Hall–Kier alpha value is -3.93. The maximum Gasteiger partial charge on any atom is 0.323 e. The highest BCUT2D eigenvalue weighted by molar-refractivity contribution is 6.03. The van der Waals surface area contributed by atoms with Crippen LogP contribution in [0.25, 0.3) is 22.2 Å². The van der Waals surface area contributed by atoms with Crippen molar-refractivity contribution in [2.45, 2.75) is 0 Å². The molecular weight excluding hydrogens is 366 g/mol. The molecule has 1 heterocycles. The number of hydrogen-bond acceptors (Lipinski definition) is 3. The van der Waals surface area contributed by atoms with Gasteiger partial charge in [-0.3, -0.25) is 0 Å². The number of ether oxygens (including phenoxy) is 2. The zero-order valence-corrected chi connectivity index (χ0v) is 16.2. The first kappa shape index (κ1) is 18.4. The molecule has 3 aromatic carbocycles. The van der Waals surface area contributed by atoms with Crippen LogP contribution in [0.15, 0.2) is 72.8 Å². The van der Waals surface area contributed by atoms with Gasteiger partial charge in [0, 0.05) is 46.0 Å². The van der Waals surface area contributed by atoms with E-state index in [4.69, 9.17) is 9.47 Å². The van der Waals surface area contributed by atoms with Crippen molar-refractivity contribution in [1.82, 2.24) is 4.98 Å². The van der Waals surface area contributed by atoms with Crippen molar-refractivity contribution in [3.63, 3.8) is 0 Å². The number of para-hydroxylation sites is 2. The van der Waals surface area contributed by atoms with Crippen molar-refractivity contribution in [3.05, 3.63) is 72.8 Å². The first-order chi connectivity index (χ1) is 14.2. The summed E-state index contributed by atoms with van der Waals surface area (Å²) >= 11 is 0. The molecule has 0 bridgehead atoms. The highest BCUT2D eigenvalue weighted by atomic mass is 16.5. The van der Waals surface area contributed by atoms with Crippen LogP contribution in [-0.4, -0.2) is 25.2 Å². The summed E-state index contributed by atoms with van der Waals surface area (Å²) < 4.78 is 10.5. The number of amides is 2. The van der Waals surface area contributed by atoms with Gasteiger partial charge in [0.1, 0.15) is 11.5 Å². The maximum atomic E-state index is 12.6. The average Bonchev–Trinajstić information content (AvgIpc) is 3.17. The number of urea groups is 1. The van der Waals surface area contributed by atoms with Gasteiger partial charge >= 0.3 is 6.03 Å². The Balaban J connectivity index is 1.58. The molecule has 0 spiro atoms. The third kappa shape index (κ3) is 4.01. The third-order valence-corrected chi connectivity index (χ3v) is 4.60. The number of aromatic amines is 1. The number of nitrogens with one attached hydrogen (secondary N) is 3. The van der Waals surface area contributed by atoms with Gasteiger partial charge in [0.2, 0.25) is 0 Å². The molecule has 4 rings (SSSR count). The number of anilines is 2. The predicted molar refractivity (Wildman–Crippen MR) is 116 cm³/mol. The van der Waals surface area contributed by atoms with Crippen LogP contribution in [0.2, 0.25) is 0 Å².